The summed E-state index contributed by atoms with van der Waals surface area (Å²) in [6.07, 6.45) is 14.9. The Kier molecular flexibility index (Phi) is 10.7. The molecule has 8 heteroatoms. The van der Waals surface area contributed by atoms with Crippen molar-refractivity contribution in [1.82, 2.24) is 29.1 Å². The van der Waals surface area contributed by atoms with Crippen LogP contribution < -0.4 is 0 Å². The molecule has 0 N–H and O–H groups in total. The number of fused-ring (bicyclic) bond motifs is 2. The summed E-state index contributed by atoms with van der Waals surface area (Å²) < 4.78 is 3.33. The van der Waals surface area contributed by atoms with Crippen LogP contribution in [0.25, 0.3) is 44.3 Å². The van der Waals surface area contributed by atoms with E-state index in [1.165, 1.54) is 11.1 Å². The number of nitrogens with zero attached hydrogens (tertiary/aromatic N) is 6. The van der Waals surface area contributed by atoms with E-state index in [4.69, 9.17) is 0 Å². The van der Waals surface area contributed by atoms with Gasteiger partial charge in [-0.1, -0.05) is 84.9 Å². The standard InChI is InChI=1S/2C22H19N3O/c26-22(10-4-8-17-6-2-1-3-7-17)25-16-24-20-14-18(11-12-21(20)25)19-9-5-13-23-15-19;26-22(10-4-8-17-6-2-1-3-7-17)25-16-24-20-12-11-18(14-21(20)25)19-9-5-13-23-15-19/h2*1-3,5-7,9,11-16H,4,8,10H2. The molecule has 0 aliphatic heterocycles. The summed E-state index contributed by atoms with van der Waals surface area (Å²) in [5.41, 5.74) is 10.0. The number of carbonyl (C=O) groups is 2. The number of hydrogen-bond donors (Lipinski definition) is 0. The highest BCUT2D eigenvalue weighted by Crippen LogP contribution is 2.25. The Bertz CT molecular complexity index is 2390. The van der Waals surface area contributed by atoms with Crippen molar-refractivity contribution in [3.05, 3.63) is 170 Å². The zero-order valence-electron chi connectivity index (χ0n) is 28.8. The molecule has 4 aromatic heterocycles. The minimum Gasteiger partial charge on any atom is -0.274 e. The van der Waals surface area contributed by atoms with E-state index in [0.717, 1.165) is 70.0 Å². The number of imidazole rings is 2. The Morgan fingerprint density at radius 3 is 1.56 bits per heavy atom. The first-order chi connectivity index (χ1) is 25.6. The van der Waals surface area contributed by atoms with Crippen molar-refractivity contribution in [3.8, 4) is 22.3 Å². The second kappa shape index (κ2) is 16.4. The fourth-order valence-corrected chi connectivity index (χ4v) is 6.26. The maximum atomic E-state index is 12.7. The summed E-state index contributed by atoms with van der Waals surface area (Å²) in [7, 11) is 0. The summed E-state index contributed by atoms with van der Waals surface area (Å²) in [6, 6.07) is 40.3. The molecular formula is C44H38N6O2. The van der Waals surface area contributed by atoms with Crippen molar-refractivity contribution in [2.45, 2.75) is 38.5 Å². The second-order valence-electron chi connectivity index (χ2n) is 12.6. The van der Waals surface area contributed by atoms with Crippen LogP contribution in [0.4, 0.5) is 0 Å². The van der Waals surface area contributed by atoms with Crippen molar-refractivity contribution >= 4 is 33.9 Å². The third kappa shape index (κ3) is 8.25. The van der Waals surface area contributed by atoms with Crippen LogP contribution >= 0.6 is 0 Å². The zero-order chi connectivity index (χ0) is 35.5. The van der Waals surface area contributed by atoms with Gasteiger partial charge in [-0.25, -0.2) is 9.97 Å². The molecule has 0 saturated carbocycles. The van der Waals surface area contributed by atoms with E-state index in [9.17, 15) is 9.59 Å². The van der Waals surface area contributed by atoms with E-state index in [1.54, 1.807) is 34.2 Å². The first-order valence-corrected chi connectivity index (χ1v) is 17.5. The summed E-state index contributed by atoms with van der Waals surface area (Å²) >= 11 is 0. The molecule has 0 aliphatic carbocycles. The lowest BCUT2D eigenvalue weighted by atomic mass is 10.1. The minimum atomic E-state index is 0.0757. The molecule has 4 aromatic carbocycles. The van der Waals surface area contributed by atoms with Gasteiger partial charge < -0.3 is 0 Å². The topological polar surface area (TPSA) is 95.6 Å². The van der Waals surface area contributed by atoms with Crippen LogP contribution in [0.5, 0.6) is 0 Å². The Labute approximate surface area is 302 Å². The Balaban J connectivity index is 0.000000162. The predicted molar refractivity (Wildman–Crippen MR) is 206 cm³/mol. The monoisotopic (exact) mass is 682 g/mol. The van der Waals surface area contributed by atoms with Gasteiger partial charge in [0, 0.05) is 48.8 Å². The van der Waals surface area contributed by atoms with E-state index in [-0.39, 0.29) is 11.8 Å². The first-order valence-electron chi connectivity index (χ1n) is 17.5. The largest absolute Gasteiger partial charge is 0.274 e. The van der Waals surface area contributed by atoms with Crippen molar-refractivity contribution in [2.75, 3.05) is 0 Å². The van der Waals surface area contributed by atoms with Crippen molar-refractivity contribution < 1.29 is 9.59 Å². The van der Waals surface area contributed by atoms with E-state index < -0.39 is 0 Å². The number of carbonyl (C=O) groups excluding carboxylic acids is 2. The molecule has 0 spiro atoms. The summed E-state index contributed by atoms with van der Waals surface area (Å²) in [5, 5.41) is 0. The van der Waals surface area contributed by atoms with Gasteiger partial charge in [-0.15, -0.1) is 0 Å². The maximum Gasteiger partial charge on any atom is 0.232 e. The summed E-state index contributed by atoms with van der Waals surface area (Å²) in [4.78, 5) is 42.3. The summed E-state index contributed by atoms with van der Waals surface area (Å²) in [5.74, 6) is 0.157. The molecule has 0 radical (unpaired) electrons. The van der Waals surface area contributed by atoms with Crippen LogP contribution in [-0.2, 0) is 12.8 Å². The van der Waals surface area contributed by atoms with E-state index in [0.29, 0.717) is 12.8 Å². The highest BCUT2D eigenvalue weighted by molar-refractivity contribution is 5.93. The van der Waals surface area contributed by atoms with Crippen LogP contribution in [0.15, 0.2) is 159 Å². The molecule has 4 heterocycles. The number of benzene rings is 4. The van der Waals surface area contributed by atoms with Crippen LogP contribution in [0, 0.1) is 0 Å². The lowest BCUT2D eigenvalue weighted by Gasteiger charge is -2.06. The number of aromatic nitrogens is 6. The molecule has 8 rings (SSSR count). The van der Waals surface area contributed by atoms with Crippen molar-refractivity contribution in [3.63, 3.8) is 0 Å². The van der Waals surface area contributed by atoms with Crippen LogP contribution in [-0.4, -0.2) is 40.9 Å². The number of pyridine rings is 2. The van der Waals surface area contributed by atoms with Crippen LogP contribution in [0.1, 0.15) is 46.4 Å². The molecule has 0 saturated heterocycles. The van der Waals surface area contributed by atoms with Crippen LogP contribution in [0.2, 0.25) is 0 Å². The Hall–Kier alpha value is -6.54. The van der Waals surface area contributed by atoms with Gasteiger partial charge in [0.25, 0.3) is 0 Å². The molecular weight excluding hydrogens is 645 g/mol. The third-order valence-electron chi connectivity index (χ3n) is 9.02. The lowest BCUT2D eigenvalue weighted by molar-refractivity contribution is 0.0896. The number of rotatable bonds is 10. The Morgan fingerprint density at radius 2 is 1.00 bits per heavy atom. The molecule has 0 aliphatic rings. The fourth-order valence-electron chi connectivity index (χ4n) is 6.26. The molecule has 8 nitrogen and oxygen atoms in total. The maximum absolute atomic E-state index is 12.7. The van der Waals surface area contributed by atoms with E-state index >= 15 is 0 Å². The average Bonchev–Trinajstić information content (AvgIpc) is 3.84. The molecule has 0 unspecified atom stereocenters. The highest BCUT2D eigenvalue weighted by Gasteiger charge is 2.13. The molecule has 256 valence electrons. The summed E-state index contributed by atoms with van der Waals surface area (Å²) in [6.45, 7) is 0. The third-order valence-corrected chi connectivity index (χ3v) is 9.02. The van der Waals surface area contributed by atoms with Gasteiger partial charge in [0.1, 0.15) is 12.7 Å². The molecule has 8 aromatic rings. The van der Waals surface area contributed by atoms with Gasteiger partial charge in [-0.05, 0) is 84.3 Å². The molecule has 0 amide bonds. The SMILES string of the molecule is O=C(CCCc1ccccc1)n1cnc2cc(-c3cccnc3)ccc21.O=C(CCCc1ccccc1)n1cnc2ccc(-c3cccnc3)cc21. The van der Waals surface area contributed by atoms with Crippen LogP contribution in [0.3, 0.4) is 0 Å². The predicted octanol–water partition coefficient (Wildman–Crippen LogP) is 9.52. The van der Waals surface area contributed by atoms with Gasteiger partial charge in [0.2, 0.25) is 11.8 Å². The molecule has 52 heavy (non-hydrogen) atoms. The average molecular weight is 683 g/mol. The second-order valence-corrected chi connectivity index (χ2v) is 12.6. The van der Waals surface area contributed by atoms with E-state index in [1.807, 2.05) is 109 Å². The quantitative estimate of drug-likeness (QED) is 0.143. The number of hydrogen-bond acceptors (Lipinski definition) is 6. The fraction of sp³-hybridized carbons (Fsp3) is 0.136. The lowest BCUT2D eigenvalue weighted by Crippen LogP contribution is -2.09. The molecule has 0 fully saturated rings. The first kappa shape index (κ1) is 33.9. The number of aryl methyl sites for hydroxylation is 2. The molecule has 0 bridgehead atoms. The van der Waals surface area contributed by atoms with E-state index in [2.05, 4.69) is 44.2 Å². The van der Waals surface area contributed by atoms with Gasteiger partial charge in [0.05, 0.1) is 22.1 Å². The van der Waals surface area contributed by atoms with Gasteiger partial charge >= 0.3 is 0 Å². The Morgan fingerprint density at radius 1 is 0.481 bits per heavy atom. The normalized spacial score (nSPS) is 10.9. The minimum absolute atomic E-state index is 0.0757. The van der Waals surface area contributed by atoms with Gasteiger partial charge in [-0.3, -0.25) is 28.7 Å². The van der Waals surface area contributed by atoms with Gasteiger partial charge in [0.15, 0.2) is 0 Å². The van der Waals surface area contributed by atoms with Crippen molar-refractivity contribution in [2.24, 2.45) is 0 Å². The smallest absolute Gasteiger partial charge is 0.232 e. The van der Waals surface area contributed by atoms with Crippen molar-refractivity contribution in [1.29, 1.82) is 0 Å². The highest BCUT2D eigenvalue weighted by atomic mass is 16.2. The molecule has 0 atom stereocenters. The van der Waals surface area contributed by atoms with Gasteiger partial charge in [-0.2, -0.15) is 0 Å². The zero-order valence-corrected chi connectivity index (χ0v) is 28.8.